The van der Waals surface area contributed by atoms with Crippen molar-refractivity contribution >= 4 is 34.2 Å². The van der Waals surface area contributed by atoms with Gasteiger partial charge in [-0.15, -0.1) is 0 Å². The number of nitrogens with zero attached hydrogens (tertiary/aromatic N) is 6. The molecule has 0 atom stereocenters. The lowest BCUT2D eigenvalue weighted by Crippen LogP contribution is -2.47. The molecule has 3 aromatic rings. The molecule has 0 saturated carbocycles. The van der Waals surface area contributed by atoms with Gasteiger partial charge in [-0.1, -0.05) is 12.1 Å². The number of hydrogen-bond acceptors (Lipinski definition) is 8. The molecule has 10 nitrogen and oxygen atoms in total. The number of rotatable bonds is 3. The Morgan fingerprint density at radius 1 is 1.12 bits per heavy atom. The highest BCUT2D eigenvalue weighted by Gasteiger charge is 2.24. The van der Waals surface area contributed by atoms with Crippen LogP contribution in [0.25, 0.3) is 11.0 Å². The number of para-hydroxylation sites is 2. The van der Waals surface area contributed by atoms with Crippen LogP contribution in [0.1, 0.15) is 0 Å². The van der Waals surface area contributed by atoms with Crippen molar-refractivity contribution in [3.05, 3.63) is 40.6 Å². The van der Waals surface area contributed by atoms with Gasteiger partial charge < -0.3 is 15.5 Å². The molecule has 1 saturated heterocycles. The zero-order chi connectivity index (χ0) is 17.4. The second-order valence-electron chi connectivity index (χ2n) is 5.76. The van der Waals surface area contributed by atoms with Crippen molar-refractivity contribution in [2.24, 2.45) is 0 Å². The first-order chi connectivity index (χ1) is 12.1. The SMILES string of the molecule is Nc1nc(N2CCN(c3ccccc3[N+](=O)[O-])CC2)nc2[nH]ncc12. The highest BCUT2D eigenvalue weighted by Crippen LogP contribution is 2.29. The predicted octanol–water partition coefficient (Wildman–Crippen LogP) is 1.17. The van der Waals surface area contributed by atoms with Crippen LogP contribution >= 0.6 is 0 Å². The molecule has 0 bridgehead atoms. The second-order valence-corrected chi connectivity index (χ2v) is 5.76. The third-order valence-corrected chi connectivity index (χ3v) is 4.31. The number of nitro groups is 1. The summed E-state index contributed by atoms with van der Waals surface area (Å²) in [7, 11) is 0. The van der Waals surface area contributed by atoms with Gasteiger partial charge in [0.25, 0.3) is 5.69 Å². The van der Waals surface area contributed by atoms with Gasteiger partial charge in [0, 0.05) is 32.2 Å². The van der Waals surface area contributed by atoms with Crippen molar-refractivity contribution in [2.75, 3.05) is 41.7 Å². The zero-order valence-electron chi connectivity index (χ0n) is 13.3. The number of aromatic amines is 1. The number of nitrogen functional groups attached to an aromatic ring is 1. The molecule has 4 rings (SSSR count). The van der Waals surface area contributed by atoms with E-state index in [0.717, 1.165) is 0 Å². The summed E-state index contributed by atoms with van der Waals surface area (Å²) in [6.45, 7) is 2.56. The molecule has 0 unspecified atom stereocenters. The Labute approximate surface area is 142 Å². The molecule has 1 aliphatic heterocycles. The highest BCUT2D eigenvalue weighted by molar-refractivity contribution is 5.85. The summed E-state index contributed by atoms with van der Waals surface area (Å²) in [5, 5.41) is 18.6. The summed E-state index contributed by atoms with van der Waals surface area (Å²) in [4.78, 5) is 23.7. The number of nitrogens with one attached hydrogen (secondary N) is 1. The van der Waals surface area contributed by atoms with Crippen LogP contribution in [0.5, 0.6) is 0 Å². The quantitative estimate of drug-likeness (QED) is 0.537. The average Bonchev–Trinajstić information content (AvgIpc) is 3.11. The topological polar surface area (TPSA) is 130 Å². The van der Waals surface area contributed by atoms with Gasteiger partial charge in [-0.25, -0.2) is 0 Å². The van der Waals surface area contributed by atoms with Gasteiger partial charge in [0.1, 0.15) is 11.5 Å². The molecule has 128 valence electrons. The number of fused-ring (bicyclic) bond motifs is 1. The Morgan fingerprint density at radius 2 is 1.84 bits per heavy atom. The lowest BCUT2D eigenvalue weighted by Gasteiger charge is -2.35. The number of H-pyrrole nitrogens is 1. The number of piperazine rings is 1. The normalized spacial score (nSPS) is 14.9. The molecular formula is C15H16N8O2. The van der Waals surface area contributed by atoms with Crippen molar-refractivity contribution in [3.8, 4) is 0 Å². The largest absolute Gasteiger partial charge is 0.383 e. The van der Waals surface area contributed by atoms with E-state index in [4.69, 9.17) is 5.73 Å². The second kappa shape index (κ2) is 5.89. The Bertz CT molecular complexity index is 932. The number of aromatic nitrogens is 4. The van der Waals surface area contributed by atoms with E-state index in [-0.39, 0.29) is 10.6 Å². The van der Waals surface area contributed by atoms with Crippen LogP contribution in [0.4, 0.5) is 23.1 Å². The summed E-state index contributed by atoms with van der Waals surface area (Å²) in [6, 6.07) is 6.79. The molecule has 1 fully saturated rings. The van der Waals surface area contributed by atoms with E-state index in [9.17, 15) is 10.1 Å². The van der Waals surface area contributed by atoms with Gasteiger partial charge in [0.2, 0.25) is 5.95 Å². The average molecular weight is 340 g/mol. The molecule has 1 aliphatic rings. The predicted molar refractivity (Wildman–Crippen MR) is 93.6 cm³/mol. The van der Waals surface area contributed by atoms with E-state index in [0.29, 0.717) is 54.7 Å². The molecule has 3 heterocycles. The Morgan fingerprint density at radius 3 is 2.60 bits per heavy atom. The van der Waals surface area contributed by atoms with Crippen LogP contribution in [0.15, 0.2) is 30.5 Å². The van der Waals surface area contributed by atoms with Gasteiger partial charge in [-0.05, 0) is 6.07 Å². The van der Waals surface area contributed by atoms with E-state index >= 15 is 0 Å². The van der Waals surface area contributed by atoms with Gasteiger partial charge in [0.05, 0.1) is 16.5 Å². The zero-order valence-corrected chi connectivity index (χ0v) is 13.3. The third kappa shape index (κ3) is 2.67. The Hall–Kier alpha value is -3.43. The first-order valence-corrected chi connectivity index (χ1v) is 7.83. The van der Waals surface area contributed by atoms with Crippen LogP contribution in [-0.2, 0) is 0 Å². The molecule has 1 aromatic carbocycles. The smallest absolute Gasteiger partial charge is 0.292 e. The summed E-state index contributed by atoms with van der Waals surface area (Å²) >= 11 is 0. The van der Waals surface area contributed by atoms with Crippen molar-refractivity contribution in [3.63, 3.8) is 0 Å². The number of nitrogens with two attached hydrogens (primary N) is 1. The summed E-state index contributed by atoms with van der Waals surface area (Å²) < 4.78 is 0. The minimum Gasteiger partial charge on any atom is -0.383 e. The molecule has 25 heavy (non-hydrogen) atoms. The molecule has 0 radical (unpaired) electrons. The van der Waals surface area contributed by atoms with Crippen LogP contribution in [0.2, 0.25) is 0 Å². The van der Waals surface area contributed by atoms with Crippen molar-refractivity contribution in [1.82, 2.24) is 20.2 Å². The molecule has 0 aliphatic carbocycles. The van der Waals surface area contributed by atoms with Gasteiger partial charge >= 0.3 is 0 Å². The first kappa shape index (κ1) is 15.1. The number of benzene rings is 1. The fourth-order valence-corrected chi connectivity index (χ4v) is 3.02. The van der Waals surface area contributed by atoms with Crippen LogP contribution in [0, 0.1) is 10.1 Å². The lowest BCUT2D eigenvalue weighted by molar-refractivity contribution is -0.384. The van der Waals surface area contributed by atoms with Crippen molar-refractivity contribution in [1.29, 1.82) is 0 Å². The molecular weight excluding hydrogens is 324 g/mol. The van der Waals surface area contributed by atoms with Crippen LogP contribution in [0.3, 0.4) is 0 Å². The summed E-state index contributed by atoms with van der Waals surface area (Å²) in [5.74, 6) is 0.923. The third-order valence-electron chi connectivity index (χ3n) is 4.31. The Kier molecular flexibility index (Phi) is 3.56. The van der Waals surface area contributed by atoms with E-state index in [1.54, 1.807) is 18.3 Å². The van der Waals surface area contributed by atoms with E-state index in [2.05, 4.69) is 20.2 Å². The van der Waals surface area contributed by atoms with Crippen molar-refractivity contribution in [2.45, 2.75) is 0 Å². The standard InChI is InChI=1S/C15H16N8O2/c16-13-10-9-17-20-14(10)19-15(18-13)22-7-5-21(6-8-22)11-3-1-2-4-12(11)23(24)25/h1-4,9H,5-8H2,(H3,16,17,18,19,20). The lowest BCUT2D eigenvalue weighted by atomic mass is 10.2. The van der Waals surface area contributed by atoms with Gasteiger partial charge in [0.15, 0.2) is 5.65 Å². The molecule has 2 aromatic heterocycles. The number of anilines is 3. The monoisotopic (exact) mass is 340 g/mol. The molecule has 0 amide bonds. The maximum Gasteiger partial charge on any atom is 0.292 e. The van der Waals surface area contributed by atoms with E-state index in [1.807, 2.05) is 15.9 Å². The first-order valence-electron chi connectivity index (χ1n) is 7.83. The number of nitro benzene ring substituents is 1. The van der Waals surface area contributed by atoms with E-state index in [1.165, 1.54) is 6.07 Å². The molecule has 0 spiro atoms. The summed E-state index contributed by atoms with van der Waals surface area (Å²) in [5.41, 5.74) is 7.31. The van der Waals surface area contributed by atoms with Crippen LogP contribution < -0.4 is 15.5 Å². The molecule has 3 N–H and O–H groups in total. The van der Waals surface area contributed by atoms with Gasteiger partial charge in [-0.2, -0.15) is 15.1 Å². The maximum atomic E-state index is 11.2. The molecule has 10 heteroatoms. The Balaban J connectivity index is 1.54. The van der Waals surface area contributed by atoms with Gasteiger partial charge in [-0.3, -0.25) is 15.2 Å². The number of hydrogen-bond donors (Lipinski definition) is 2. The highest BCUT2D eigenvalue weighted by atomic mass is 16.6. The van der Waals surface area contributed by atoms with Crippen LogP contribution in [-0.4, -0.2) is 51.3 Å². The summed E-state index contributed by atoms with van der Waals surface area (Å²) in [6.07, 6.45) is 1.60. The minimum absolute atomic E-state index is 0.121. The minimum atomic E-state index is -0.350. The van der Waals surface area contributed by atoms with E-state index < -0.39 is 0 Å². The fourth-order valence-electron chi connectivity index (χ4n) is 3.02. The van der Waals surface area contributed by atoms with Crippen molar-refractivity contribution < 1.29 is 4.92 Å². The maximum absolute atomic E-state index is 11.2. The fraction of sp³-hybridized carbons (Fsp3) is 0.267.